The average Bonchev–Trinajstić information content (AvgIpc) is 2.01. The molecule has 2 fully saturated rings. The molecule has 13 heavy (non-hydrogen) atoms. The Morgan fingerprint density at radius 1 is 1.54 bits per heavy atom. The first-order valence-corrected chi connectivity index (χ1v) is 5.21. The zero-order valence-corrected chi connectivity index (χ0v) is 8.51. The van der Waals surface area contributed by atoms with E-state index in [0.717, 1.165) is 26.2 Å². The van der Waals surface area contributed by atoms with Gasteiger partial charge in [0, 0.05) is 19.6 Å². The van der Waals surface area contributed by atoms with Gasteiger partial charge in [0.1, 0.15) is 0 Å². The van der Waals surface area contributed by atoms with Crippen molar-refractivity contribution in [2.45, 2.75) is 31.8 Å². The Labute approximate surface area is 80.6 Å². The van der Waals surface area contributed by atoms with E-state index in [2.05, 4.69) is 18.4 Å². The van der Waals surface area contributed by atoms with Crippen LogP contribution in [0.25, 0.3) is 0 Å². The molecule has 0 bridgehead atoms. The van der Waals surface area contributed by atoms with Gasteiger partial charge in [-0.25, -0.2) is 0 Å². The molecule has 1 aliphatic carbocycles. The van der Waals surface area contributed by atoms with Crippen molar-refractivity contribution in [3.63, 3.8) is 0 Å². The van der Waals surface area contributed by atoms with Gasteiger partial charge in [0.25, 0.3) is 0 Å². The molecule has 0 aromatic heterocycles. The second-order valence-corrected chi connectivity index (χ2v) is 4.55. The molecule has 0 atom stereocenters. The van der Waals surface area contributed by atoms with Gasteiger partial charge in [-0.1, -0.05) is 12.2 Å². The maximum Gasteiger partial charge on any atom is 0.0809 e. The van der Waals surface area contributed by atoms with Gasteiger partial charge in [-0.3, -0.25) is 4.90 Å². The van der Waals surface area contributed by atoms with E-state index in [4.69, 9.17) is 4.74 Å². The van der Waals surface area contributed by atoms with E-state index >= 15 is 0 Å². The van der Waals surface area contributed by atoms with Crippen LogP contribution in [0.15, 0.2) is 12.2 Å². The molecule has 0 radical (unpaired) electrons. The Morgan fingerprint density at radius 2 is 2.31 bits per heavy atom. The number of rotatable bonds is 2. The summed E-state index contributed by atoms with van der Waals surface area (Å²) < 4.78 is 5.84. The summed E-state index contributed by atoms with van der Waals surface area (Å²) in [6, 6.07) is 0. The molecule has 2 nitrogen and oxygen atoms in total. The van der Waals surface area contributed by atoms with Crippen LogP contribution in [-0.4, -0.2) is 36.7 Å². The molecule has 1 spiro atoms. The highest BCUT2D eigenvalue weighted by Crippen LogP contribution is 2.38. The molecule has 1 saturated carbocycles. The van der Waals surface area contributed by atoms with E-state index in [-0.39, 0.29) is 5.60 Å². The second kappa shape index (κ2) is 3.43. The summed E-state index contributed by atoms with van der Waals surface area (Å²) >= 11 is 0. The van der Waals surface area contributed by atoms with Gasteiger partial charge in [-0.2, -0.15) is 0 Å². The third-order valence-electron chi connectivity index (χ3n) is 3.09. The molecule has 0 N–H and O–H groups in total. The molecule has 74 valence electrons. The molecule has 0 aromatic rings. The predicted octanol–water partition coefficient (Wildman–Crippen LogP) is 1.82. The summed E-state index contributed by atoms with van der Waals surface area (Å²) in [5.41, 5.74) is 1.50. The van der Waals surface area contributed by atoms with Crippen molar-refractivity contribution in [2.75, 3.05) is 26.2 Å². The summed E-state index contributed by atoms with van der Waals surface area (Å²) in [4.78, 5) is 2.48. The van der Waals surface area contributed by atoms with Crippen molar-refractivity contribution in [3.8, 4) is 0 Å². The lowest BCUT2D eigenvalue weighted by Crippen LogP contribution is -2.55. The van der Waals surface area contributed by atoms with Crippen molar-refractivity contribution < 1.29 is 4.74 Å². The lowest BCUT2D eigenvalue weighted by Gasteiger charge is -2.48. The van der Waals surface area contributed by atoms with Crippen LogP contribution in [0, 0.1) is 0 Å². The van der Waals surface area contributed by atoms with Crippen molar-refractivity contribution in [3.05, 3.63) is 12.2 Å². The highest BCUT2D eigenvalue weighted by Gasteiger charge is 2.41. The van der Waals surface area contributed by atoms with Crippen molar-refractivity contribution >= 4 is 0 Å². The maximum atomic E-state index is 5.84. The molecule has 0 aromatic carbocycles. The topological polar surface area (TPSA) is 12.5 Å². The number of nitrogens with zero attached hydrogens (tertiary/aromatic N) is 1. The molecule has 0 unspecified atom stereocenters. The summed E-state index contributed by atoms with van der Waals surface area (Å²) in [6.45, 7) is 10.2. The van der Waals surface area contributed by atoms with Crippen LogP contribution in [0.5, 0.6) is 0 Å². The van der Waals surface area contributed by atoms with Gasteiger partial charge in [-0.15, -0.1) is 0 Å². The minimum atomic E-state index is 0.244. The van der Waals surface area contributed by atoms with E-state index < -0.39 is 0 Å². The third kappa shape index (κ3) is 1.94. The first kappa shape index (κ1) is 9.22. The number of hydrogen-bond donors (Lipinski definition) is 0. The molecule has 2 heteroatoms. The largest absolute Gasteiger partial charge is 0.372 e. The van der Waals surface area contributed by atoms with Gasteiger partial charge in [0.2, 0.25) is 0 Å². The first-order chi connectivity index (χ1) is 6.20. The monoisotopic (exact) mass is 181 g/mol. The van der Waals surface area contributed by atoms with Crippen molar-refractivity contribution in [2.24, 2.45) is 0 Å². The van der Waals surface area contributed by atoms with Crippen LogP contribution in [0.1, 0.15) is 26.2 Å². The van der Waals surface area contributed by atoms with Gasteiger partial charge in [-0.05, 0) is 26.2 Å². The van der Waals surface area contributed by atoms with Gasteiger partial charge in [0.15, 0.2) is 0 Å². The molecule has 2 rings (SSSR count). The Bertz CT molecular complexity index is 208. The summed E-state index contributed by atoms with van der Waals surface area (Å²) in [5.74, 6) is 0. The zero-order chi connectivity index (χ0) is 9.31. The highest BCUT2D eigenvalue weighted by atomic mass is 16.5. The lowest BCUT2D eigenvalue weighted by molar-refractivity contribution is -0.149. The van der Waals surface area contributed by atoms with Gasteiger partial charge >= 0.3 is 0 Å². The fourth-order valence-electron chi connectivity index (χ4n) is 2.31. The van der Waals surface area contributed by atoms with Crippen LogP contribution in [-0.2, 0) is 4.74 Å². The zero-order valence-electron chi connectivity index (χ0n) is 8.51. The second-order valence-electron chi connectivity index (χ2n) is 4.55. The Balaban J connectivity index is 1.88. The van der Waals surface area contributed by atoms with Crippen LogP contribution in [0.3, 0.4) is 0 Å². The average molecular weight is 181 g/mol. The maximum absolute atomic E-state index is 5.84. The van der Waals surface area contributed by atoms with E-state index in [0.29, 0.717) is 0 Å². The first-order valence-electron chi connectivity index (χ1n) is 5.21. The molecule has 2 aliphatic rings. The van der Waals surface area contributed by atoms with Gasteiger partial charge in [0.05, 0.1) is 12.2 Å². The minimum Gasteiger partial charge on any atom is -0.372 e. The Kier molecular flexibility index (Phi) is 2.43. The molecular formula is C11H19NO. The molecule has 1 saturated heterocycles. The SMILES string of the molecule is C=C(C)CN1CCOC2(CCC2)C1. The summed E-state index contributed by atoms with van der Waals surface area (Å²) in [5, 5.41) is 0. The quantitative estimate of drug-likeness (QED) is 0.602. The van der Waals surface area contributed by atoms with Gasteiger partial charge < -0.3 is 4.74 Å². The fourth-order valence-corrected chi connectivity index (χ4v) is 2.31. The highest BCUT2D eigenvalue weighted by molar-refractivity contribution is 4.99. The molecule has 0 amide bonds. The van der Waals surface area contributed by atoms with Crippen LogP contribution in [0.2, 0.25) is 0 Å². The minimum absolute atomic E-state index is 0.244. The Hall–Kier alpha value is -0.340. The van der Waals surface area contributed by atoms with E-state index in [9.17, 15) is 0 Å². The van der Waals surface area contributed by atoms with E-state index in [1.54, 1.807) is 0 Å². The van der Waals surface area contributed by atoms with Crippen molar-refractivity contribution in [1.82, 2.24) is 4.90 Å². The van der Waals surface area contributed by atoms with E-state index in [1.165, 1.54) is 24.8 Å². The normalized spacial score (nSPS) is 27.2. The van der Waals surface area contributed by atoms with E-state index in [1.807, 2.05) is 0 Å². The molecule has 1 heterocycles. The summed E-state index contributed by atoms with van der Waals surface area (Å²) in [6.07, 6.45) is 3.88. The Morgan fingerprint density at radius 3 is 2.85 bits per heavy atom. The third-order valence-corrected chi connectivity index (χ3v) is 3.09. The van der Waals surface area contributed by atoms with Crippen LogP contribution < -0.4 is 0 Å². The smallest absolute Gasteiger partial charge is 0.0809 e. The standard InChI is InChI=1S/C11H19NO/c1-10(2)8-12-6-7-13-11(9-12)4-3-5-11/h1,3-9H2,2H3. The lowest BCUT2D eigenvalue weighted by atomic mass is 9.79. The number of morpholine rings is 1. The molecule has 1 aliphatic heterocycles. The van der Waals surface area contributed by atoms with Crippen LogP contribution in [0.4, 0.5) is 0 Å². The fraction of sp³-hybridized carbons (Fsp3) is 0.818. The number of ether oxygens (including phenoxy) is 1. The summed E-state index contributed by atoms with van der Waals surface area (Å²) in [7, 11) is 0. The van der Waals surface area contributed by atoms with Crippen molar-refractivity contribution in [1.29, 1.82) is 0 Å². The number of hydrogen-bond acceptors (Lipinski definition) is 2. The molecular weight excluding hydrogens is 162 g/mol. The van der Waals surface area contributed by atoms with Crippen LogP contribution >= 0.6 is 0 Å². The predicted molar refractivity (Wildman–Crippen MR) is 53.8 cm³/mol.